The van der Waals surface area contributed by atoms with Crippen LogP contribution in [-0.4, -0.2) is 20.8 Å². The highest BCUT2D eigenvalue weighted by atomic mass is 16.3. The number of nitrogens with one attached hydrogen (secondary N) is 1. The van der Waals surface area contributed by atoms with Gasteiger partial charge in [0, 0.05) is 19.2 Å². The van der Waals surface area contributed by atoms with Gasteiger partial charge in [-0.05, 0) is 37.5 Å². The van der Waals surface area contributed by atoms with Crippen molar-refractivity contribution >= 4 is 11.6 Å². The van der Waals surface area contributed by atoms with E-state index in [0.717, 1.165) is 16.8 Å². The molecule has 20 heavy (non-hydrogen) atoms. The summed E-state index contributed by atoms with van der Waals surface area (Å²) in [6.07, 6.45) is 2.78. The number of amides is 1. The Kier molecular flexibility index (Phi) is 4.08. The van der Waals surface area contributed by atoms with Crippen LogP contribution in [0, 0.1) is 13.8 Å². The van der Waals surface area contributed by atoms with Crippen LogP contribution in [-0.2, 0) is 18.3 Å². The van der Waals surface area contributed by atoms with Crippen molar-refractivity contribution in [2.24, 2.45) is 7.05 Å². The quantitative estimate of drug-likeness (QED) is 0.840. The molecule has 0 saturated heterocycles. The van der Waals surface area contributed by atoms with Gasteiger partial charge in [-0.2, -0.15) is 5.10 Å². The molecule has 1 aromatic carbocycles. The molecule has 5 nitrogen and oxygen atoms in total. The minimum atomic E-state index is -0.113. The van der Waals surface area contributed by atoms with Gasteiger partial charge in [-0.3, -0.25) is 9.48 Å². The first-order valence-electron chi connectivity index (χ1n) is 6.55. The van der Waals surface area contributed by atoms with Crippen molar-refractivity contribution in [3.05, 3.63) is 41.2 Å². The fourth-order valence-electron chi connectivity index (χ4n) is 2.05. The maximum absolute atomic E-state index is 12.0. The lowest BCUT2D eigenvalue weighted by molar-refractivity contribution is -0.116. The highest BCUT2D eigenvalue weighted by Gasteiger charge is 2.10. The van der Waals surface area contributed by atoms with Crippen LogP contribution in [0.5, 0.6) is 5.75 Å². The average molecular weight is 273 g/mol. The third kappa shape index (κ3) is 2.99. The fourth-order valence-corrected chi connectivity index (χ4v) is 2.05. The number of hydrogen-bond acceptors (Lipinski definition) is 3. The van der Waals surface area contributed by atoms with E-state index in [2.05, 4.69) is 10.4 Å². The summed E-state index contributed by atoms with van der Waals surface area (Å²) >= 11 is 0. The number of aryl methyl sites for hydroxylation is 3. The van der Waals surface area contributed by atoms with E-state index in [1.165, 1.54) is 0 Å². The van der Waals surface area contributed by atoms with E-state index >= 15 is 0 Å². The van der Waals surface area contributed by atoms with Crippen molar-refractivity contribution in [3.63, 3.8) is 0 Å². The van der Waals surface area contributed by atoms with Gasteiger partial charge in [-0.25, -0.2) is 0 Å². The largest absolute Gasteiger partial charge is 0.506 e. The van der Waals surface area contributed by atoms with Gasteiger partial charge in [0.05, 0.1) is 11.9 Å². The number of anilines is 1. The number of carbonyl (C=O) groups is 1. The predicted molar refractivity (Wildman–Crippen MR) is 77.7 cm³/mol. The number of carbonyl (C=O) groups excluding carboxylic acids is 1. The Morgan fingerprint density at radius 2 is 2.15 bits per heavy atom. The summed E-state index contributed by atoms with van der Waals surface area (Å²) in [6, 6.07) is 5.16. The maximum atomic E-state index is 12.0. The number of aromatic hydroxyl groups is 1. The summed E-state index contributed by atoms with van der Waals surface area (Å²) in [4.78, 5) is 12.0. The predicted octanol–water partition coefficient (Wildman–Crippen LogP) is 2.31. The maximum Gasteiger partial charge on any atom is 0.224 e. The first-order chi connectivity index (χ1) is 9.49. The van der Waals surface area contributed by atoms with Gasteiger partial charge in [0.2, 0.25) is 5.91 Å². The lowest BCUT2D eigenvalue weighted by Crippen LogP contribution is -2.13. The van der Waals surface area contributed by atoms with Crippen LogP contribution in [0.15, 0.2) is 24.4 Å². The van der Waals surface area contributed by atoms with Gasteiger partial charge in [0.15, 0.2) is 0 Å². The third-order valence-electron chi connectivity index (χ3n) is 3.47. The smallest absolute Gasteiger partial charge is 0.224 e. The number of benzene rings is 1. The monoisotopic (exact) mass is 273 g/mol. The molecule has 1 heterocycles. The second kappa shape index (κ2) is 5.77. The summed E-state index contributed by atoms with van der Waals surface area (Å²) < 4.78 is 1.79. The Balaban J connectivity index is 1.98. The molecule has 0 atom stereocenters. The Morgan fingerprint density at radius 3 is 2.75 bits per heavy atom. The Morgan fingerprint density at radius 1 is 1.40 bits per heavy atom. The van der Waals surface area contributed by atoms with Crippen molar-refractivity contribution in [3.8, 4) is 5.75 Å². The molecule has 0 fully saturated rings. The molecule has 2 rings (SSSR count). The third-order valence-corrected chi connectivity index (χ3v) is 3.47. The summed E-state index contributed by atoms with van der Waals surface area (Å²) in [7, 11) is 1.88. The zero-order chi connectivity index (χ0) is 14.7. The Labute approximate surface area is 118 Å². The number of rotatable bonds is 4. The minimum Gasteiger partial charge on any atom is -0.506 e. The zero-order valence-electron chi connectivity index (χ0n) is 12.0. The number of para-hydroxylation sites is 1. The van der Waals surface area contributed by atoms with Crippen LogP contribution in [0.4, 0.5) is 5.69 Å². The van der Waals surface area contributed by atoms with Crippen molar-refractivity contribution in [1.82, 2.24) is 9.78 Å². The number of phenols is 1. The molecule has 0 spiro atoms. The molecule has 1 amide bonds. The molecule has 0 aliphatic heterocycles. The lowest BCUT2D eigenvalue weighted by Gasteiger charge is -2.10. The SMILES string of the molecule is Cc1cccc(O)c1NC(=O)CCc1cnn(C)c1C. The van der Waals surface area contributed by atoms with Gasteiger partial charge in [-0.1, -0.05) is 12.1 Å². The molecule has 0 saturated carbocycles. The van der Waals surface area contributed by atoms with E-state index in [-0.39, 0.29) is 11.7 Å². The van der Waals surface area contributed by atoms with Gasteiger partial charge >= 0.3 is 0 Å². The topological polar surface area (TPSA) is 67.2 Å². The van der Waals surface area contributed by atoms with E-state index in [1.54, 1.807) is 23.0 Å². The lowest BCUT2D eigenvalue weighted by atomic mass is 10.1. The second-order valence-electron chi connectivity index (χ2n) is 4.90. The molecular weight excluding hydrogens is 254 g/mol. The van der Waals surface area contributed by atoms with Crippen LogP contribution < -0.4 is 5.32 Å². The molecule has 5 heteroatoms. The van der Waals surface area contributed by atoms with Crippen LogP contribution in [0.2, 0.25) is 0 Å². The van der Waals surface area contributed by atoms with E-state index < -0.39 is 0 Å². The zero-order valence-corrected chi connectivity index (χ0v) is 12.0. The molecule has 106 valence electrons. The average Bonchev–Trinajstić information content (AvgIpc) is 2.72. The van der Waals surface area contributed by atoms with E-state index in [4.69, 9.17) is 0 Å². The minimum absolute atomic E-state index is 0.0934. The highest BCUT2D eigenvalue weighted by Crippen LogP contribution is 2.26. The molecular formula is C15H19N3O2. The van der Waals surface area contributed by atoms with Crippen LogP contribution in [0.3, 0.4) is 0 Å². The van der Waals surface area contributed by atoms with E-state index in [1.807, 2.05) is 27.0 Å². The van der Waals surface area contributed by atoms with E-state index in [0.29, 0.717) is 18.5 Å². The normalized spacial score (nSPS) is 10.6. The Bertz CT molecular complexity index is 612. The van der Waals surface area contributed by atoms with Crippen LogP contribution >= 0.6 is 0 Å². The van der Waals surface area contributed by atoms with Crippen LogP contribution in [0.1, 0.15) is 23.2 Å². The molecule has 2 aromatic rings. The van der Waals surface area contributed by atoms with Gasteiger partial charge in [0.25, 0.3) is 0 Å². The van der Waals surface area contributed by atoms with Gasteiger partial charge in [-0.15, -0.1) is 0 Å². The van der Waals surface area contributed by atoms with Crippen LogP contribution in [0.25, 0.3) is 0 Å². The number of nitrogens with zero attached hydrogens (tertiary/aromatic N) is 2. The number of phenolic OH excluding ortho intramolecular Hbond substituents is 1. The van der Waals surface area contributed by atoms with E-state index in [9.17, 15) is 9.90 Å². The molecule has 1 aromatic heterocycles. The first-order valence-corrected chi connectivity index (χ1v) is 6.55. The van der Waals surface area contributed by atoms with Crippen molar-refractivity contribution in [2.75, 3.05) is 5.32 Å². The summed E-state index contributed by atoms with van der Waals surface area (Å²) in [5.41, 5.74) is 3.46. The van der Waals surface area contributed by atoms with Crippen molar-refractivity contribution in [1.29, 1.82) is 0 Å². The summed E-state index contributed by atoms with van der Waals surface area (Å²) in [5.74, 6) is -0.0197. The molecule has 0 aliphatic carbocycles. The summed E-state index contributed by atoms with van der Waals surface area (Å²) in [6.45, 7) is 3.83. The molecule has 0 unspecified atom stereocenters. The van der Waals surface area contributed by atoms with Gasteiger partial charge in [0.1, 0.15) is 5.75 Å². The van der Waals surface area contributed by atoms with Crippen molar-refractivity contribution < 1.29 is 9.90 Å². The number of hydrogen-bond donors (Lipinski definition) is 2. The second-order valence-corrected chi connectivity index (χ2v) is 4.90. The Hall–Kier alpha value is -2.30. The molecule has 2 N–H and O–H groups in total. The summed E-state index contributed by atoms with van der Waals surface area (Å²) in [5, 5.41) is 16.7. The standard InChI is InChI=1S/C15H19N3O2/c1-10-5-4-6-13(19)15(10)17-14(20)8-7-12-9-16-18(3)11(12)2/h4-6,9,19H,7-8H2,1-3H3,(H,17,20). The molecule has 0 aliphatic rings. The molecule has 0 bridgehead atoms. The highest BCUT2D eigenvalue weighted by molar-refractivity contribution is 5.93. The molecule has 0 radical (unpaired) electrons. The van der Waals surface area contributed by atoms with Crippen molar-refractivity contribution in [2.45, 2.75) is 26.7 Å². The fraction of sp³-hybridized carbons (Fsp3) is 0.333. The number of aromatic nitrogens is 2. The first kappa shape index (κ1) is 14.1. The van der Waals surface area contributed by atoms with Gasteiger partial charge < -0.3 is 10.4 Å².